The van der Waals surface area contributed by atoms with Crippen LogP contribution in [-0.4, -0.2) is 90.8 Å². The molecule has 0 radical (unpaired) electrons. The number of hydrogen-bond acceptors (Lipinski definition) is 10. The van der Waals surface area contributed by atoms with Gasteiger partial charge in [0.05, 0.1) is 18.8 Å². The van der Waals surface area contributed by atoms with Crippen LogP contribution in [0, 0.1) is 13.8 Å². The van der Waals surface area contributed by atoms with Crippen molar-refractivity contribution in [3.8, 4) is 11.3 Å². The number of hydrogen-bond donors (Lipinski definition) is 4. The van der Waals surface area contributed by atoms with Crippen LogP contribution in [0.4, 0.5) is 22.2 Å². The maximum atomic E-state index is 11.8. The van der Waals surface area contributed by atoms with E-state index in [1.165, 1.54) is 4.90 Å². The van der Waals surface area contributed by atoms with Gasteiger partial charge in [0.2, 0.25) is 0 Å². The number of β-amino-alcohol motifs (C(OH)–C–C–N with tert-alkyl or cyclic N) is 1. The van der Waals surface area contributed by atoms with Crippen LogP contribution in [-0.2, 0) is 13.1 Å². The monoisotopic (exact) mass is 547 g/mol. The topological polar surface area (TPSA) is 160 Å². The van der Waals surface area contributed by atoms with Gasteiger partial charge in [-0.05, 0) is 25.0 Å². The van der Waals surface area contributed by atoms with E-state index in [4.69, 9.17) is 4.52 Å². The number of nitrogens with zero attached hydrogens (tertiary/aromatic N) is 7. The van der Waals surface area contributed by atoms with E-state index in [1.807, 2.05) is 43.3 Å². The number of benzene rings is 1. The zero-order valence-electron chi connectivity index (χ0n) is 22.5. The summed E-state index contributed by atoms with van der Waals surface area (Å²) in [4.78, 5) is 26.6. The van der Waals surface area contributed by atoms with Crippen LogP contribution in [0.5, 0.6) is 0 Å². The van der Waals surface area contributed by atoms with Gasteiger partial charge in [0, 0.05) is 57.5 Å². The SMILES string of the molecule is Cc1nc(Nc2cc(-c3ccc(CN(Cc4cc(C)on4)C(=O)O)cc3)[nH]n2)cc(N2CCN(CCO)CC2)n1. The number of aromatic amines is 1. The number of rotatable bonds is 10. The first kappa shape index (κ1) is 27.1. The Balaban J connectivity index is 1.22. The molecule has 4 heterocycles. The number of aliphatic hydroxyl groups excluding tert-OH is 1. The zero-order valence-corrected chi connectivity index (χ0v) is 22.5. The molecule has 1 amide bonds. The van der Waals surface area contributed by atoms with E-state index in [0.29, 0.717) is 35.5 Å². The molecule has 13 heteroatoms. The molecule has 1 saturated heterocycles. The highest BCUT2D eigenvalue weighted by molar-refractivity contribution is 5.67. The molecular formula is C27H33N9O4. The minimum Gasteiger partial charge on any atom is -0.465 e. The van der Waals surface area contributed by atoms with Gasteiger partial charge in [-0.1, -0.05) is 29.4 Å². The minimum atomic E-state index is -1.03. The Morgan fingerprint density at radius 2 is 1.82 bits per heavy atom. The van der Waals surface area contributed by atoms with Gasteiger partial charge >= 0.3 is 6.09 Å². The maximum Gasteiger partial charge on any atom is 0.407 e. The summed E-state index contributed by atoms with van der Waals surface area (Å²) < 4.78 is 5.05. The Hall–Kier alpha value is -4.49. The lowest BCUT2D eigenvalue weighted by Gasteiger charge is -2.35. The van der Waals surface area contributed by atoms with E-state index in [1.54, 1.807) is 13.0 Å². The molecule has 1 aliphatic heterocycles. The van der Waals surface area contributed by atoms with Crippen molar-refractivity contribution < 1.29 is 19.5 Å². The summed E-state index contributed by atoms with van der Waals surface area (Å²) in [5, 5.41) is 33.4. The summed E-state index contributed by atoms with van der Waals surface area (Å²) in [6.07, 6.45) is -1.03. The highest BCUT2D eigenvalue weighted by Gasteiger charge is 2.19. The summed E-state index contributed by atoms with van der Waals surface area (Å²) >= 11 is 0. The van der Waals surface area contributed by atoms with Gasteiger partial charge in [-0.25, -0.2) is 14.8 Å². The predicted octanol–water partition coefficient (Wildman–Crippen LogP) is 3.01. The fourth-order valence-electron chi connectivity index (χ4n) is 4.67. The predicted molar refractivity (Wildman–Crippen MR) is 148 cm³/mol. The smallest absolute Gasteiger partial charge is 0.407 e. The number of carbonyl (C=O) groups is 1. The first-order valence-corrected chi connectivity index (χ1v) is 13.1. The first-order chi connectivity index (χ1) is 19.4. The van der Waals surface area contributed by atoms with Crippen LogP contribution < -0.4 is 10.2 Å². The zero-order chi connectivity index (χ0) is 28.1. The van der Waals surface area contributed by atoms with E-state index in [-0.39, 0.29) is 19.7 Å². The normalized spacial score (nSPS) is 13.9. The van der Waals surface area contributed by atoms with E-state index in [9.17, 15) is 15.0 Å². The number of aryl methyl sites for hydroxylation is 2. The molecule has 3 aromatic heterocycles. The number of piperazine rings is 1. The lowest BCUT2D eigenvalue weighted by molar-refractivity contribution is 0.138. The molecular weight excluding hydrogens is 514 g/mol. The van der Waals surface area contributed by atoms with Crippen LogP contribution in [0.3, 0.4) is 0 Å². The highest BCUT2D eigenvalue weighted by Crippen LogP contribution is 2.24. The molecule has 4 N–H and O–H groups in total. The van der Waals surface area contributed by atoms with Gasteiger partial charge in [0.15, 0.2) is 5.82 Å². The summed E-state index contributed by atoms with van der Waals surface area (Å²) in [6.45, 7) is 8.30. The van der Waals surface area contributed by atoms with Crippen molar-refractivity contribution in [2.24, 2.45) is 0 Å². The van der Waals surface area contributed by atoms with E-state index in [2.05, 4.69) is 40.4 Å². The third-order valence-electron chi connectivity index (χ3n) is 6.71. The van der Waals surface area contributed by atoms with Crippen LogP contribution in [0.1, 0.15) is 22.8 Å². The number of anilines is 3. The Bertz CT molecular complexity index is 1430. The van der Waals surface area contributed by atoms with E-state index in [0.717, 1.165) is 48.8 Å². The molecule has 1 aliphatic rings. The van der Waals surface area contributed by atoms with Crippen molar-refractivity contribution in [3.63, 3.8) is 0 Å². The highest BCUT2D eigenvalue weighted by atomic mass is 16.5. The fourth-order valence-corrected chi connectivity index (χ4v) is 4.67. The lowest BCUT2D eigenvalue weighted by atomic mass is 10.1. The minimum absolute atomic E-state index is 0.147. The third kappa shape index (κ3) is 6.74. The molecule has 1 aromatic carbocycles. The number of aromatic nitrogens is 5. The van der Waals surface area contributed by atoms with Crippen LogP contribution in [0.25, 0.3) is 11.3 Å². The van der Waals surface area contributed by atoms with Crippen LogP contribution in [0.15, 0.2) is 47.0 Å². The summed E-state index contributed by atoms with van der Waals surface area (Å²) in [7, 11) is 0. The second-order valence-corrected chi connectivity index (χ2v) is 9.77. The molecule has 13 nitrogen and oxygen atoms in total. The van der Waals surface area contributed by atoms with Gasteiger partial charge in [0.25, 0.3) is 0 Å². The molecule has 0 spiro atoms. The third-order valence-corrected chi connectivity index (χ3v) is 6.71. The summed E-state index contributed by atoms with van der Waals surface area (Å²) in [5.41, 5.74) is 3.15. The van der Waals surface area contributed by atoms with Gasteiger partial charge in [-0.2, -0.15) is 5.10 Å². The molecule has 5 rings (SSSR count). The lowest BCUT2D eigenvalue weighted by Crippen LogP contribution is -2.47. The average molecular weight is 548 g/mol. The largest absolute Gasteiger partial charge is 0.465 e. The molecule has 0 aliphatic carbocycles. The van der Waals surface area contributed by atoms with Crippen molar-refractivity contribution in [1.29, 1.82) is 0 Å². The Labute approximate surface area is 231 Å². The average Bonchev–Trinajstić information content (AvgIpc) is 3.57. The summed E-state index contributed by atoms with van der Waals surface area (Å²) in [6, 6.07) is 13.2. The Morgan fingerprint density at radius 3 is 2.50 bits per heavy atom. The Kier molecular flexibility index (Phi) is 8.22. The Morgan fingerprint density at radius 1 is 1.05 bits per heavy atom. The van der Waals surface area contributed by atoms with Crippen molar-refractivity contribution >= 4 is 23.5 Å². The molecule has 0 saturated carbocycles. The maximum absolute atomic E-state index is 11.8. The van der Waals surface area contributed by atoms with Crippen molar-refractivity contribution in [2.75, 3.05) is 49.5 Å². The van der Waals surface area contributed by atoms with Crippen molar-refractivity contribution in [1.82, 2.24) is 35.1 Å². The number of H-pyrrole nitrogens is 1. The number of nitrogens with one attached hydrogen (secondary N) is 2. The standard InChI is InChI=1S/C27H33N9O4/c1-18-13-22(33-40-18)17-36(27(38)39)16-20-3-5-21(6-4-20)23-14-25(32-31-23)30-24-15-26(29-19(2)28-24)35-9-7-34(8-10-35)11-12-37/h3-6,13-15,37H,7-12,16-17H2,1-2H3,(H,38,39)(H2,28,29,30,31,32). The van der Waals surface area contributed by atoms with Crippen LogP contribution in [0.2, 0.25) is 0 Å². The van der Waals surface area contributed by atoms with E-state index >= 15 is 0 Å². The van der Waals surface area contributed by atoms with Gasteiger partial charge < -0.3 is 25.0 Å². The molecule has 0 bridgehead atoms. The molecule has 1 fully saturated rings. The summed E-state index contributed by atoms with van der Waals surface area (Å²) in [5.74, 6) is 3.44. The molecule has 0 unspecified atom stereocenters. The fraction of sp³-hybridized carbons (Fsp3) is 0.370. The van der Waals surface area contributed by atoms with Gasteiger partial charge in [-0.3, -0.25) is 14.9 Å². The van der Waals surface area contributed by atoms with E-state index < -0.39 is 6.09 Å². The second kappa shape index (κ2) is 12.1. The van der Waals surface area contributed by atoms with Gasteiger partial charge in [-0.15, -0.1) is 0 Å². The van der Waals surface area contributed by atoms with Gasteiger partial charge in [0.1, 0.15) is 28.9 Å². The molecule has 40 heavy (non-hydrogen) atoms. The molecule has 210 valence electrons. The number of aliphatic hydroxyl groups is 1. The second-order valence-electron chi connectivity index (χ2n) is 9.77. The van der Waals surface area contributed by atoms with Crippen molar-refractivity contribution in [3.05, 3.63) is 65.3 Å². The van der Waals surface area contributed by atoms with Crippen LogP contribution >= 0.6 is 0 Å². The quantitative estimate of drug-likeness (QED) is 0.231. The number of carboxylic acid groups (broad SMARTS) is 1. The molecule has 4 aromatic rings. The van der Waals surface area contributed by atoms with Crippen molar-refractivity contribution in [2.45, 2.75) is 26.9 Å². The number of amides is 1. The first-order valence-electron chi connectivity index (χ1n) is 13.1. The molecule has 0 atom stereocenters.